The van der Waals surface area contributed by atoms with Crippen LogP contribution in [0.5, 0.6) is 0 Å². The van der Waals surface area contributed by atoms with Gasteiger partial charge in [-0.2, -0.15) is 0 Å². The summed E-state index contributed by atoms with van der Waals surface area (Å²) in [6, 6.07) is 90.6. The number of anilines is 3. The maximum atomic E-state index is 2.43. The third kappa shape index (κ3) is 7.03. The second-order valence-corrected chi connectivity index (χ2v) is 15.8. The van der Waals surface area contributed by atoms with Crippen LogP contribution in [0.1, 0.15) is 0 Å². The van der Waals surface area contributed by atoms with Crippen molar-refractivity contribution < 1.29 is 0 Å². The molecule has 0 aromatic heterocycles. The molecule has 0 saturated heterocycles. The summed E-state index contributed by atoms with van der Waals surface area (Å²) in [5, 5.41) is 7.41. The molecule has 0 radical (unpaired) electrons. The SMILES string of the molecule is c1ccc(-c2ccc(-c3ccc(N(c4ccc(-c5cccc6ccccc56)cc4)c4cc(-c5ccc6ccccc6c5)ccc4-c4ccc5ccccc5c4)cc3)cc2)cc1. The van der Waals surface area contributed by atoms with Crippen molar-refractivity contribution >= 4 is 49.4 Å². The molecule has 0 spiro atoms. The molecule has 1 heteroatoms. The Morgan fingerprint density at radius 3 is 1.28 bits per heavy atom. The average molecular weight is 776 g/mol. The van der Waals surface area contributed by atoms with Crippen LogP contribution >= 0.6 is 0 Å². The van der Waals surface area contributed by atoms with Gasteiger partial charge in [-0.3, -0.25) is 0 Å². The van der Waals surface area contributed by atoms with Crippen molar-refractivity contribution in [1.82, 2.24) is 0 Å². The minimum atomic E-state index is 1.08. The van der Waals surface area contributed by atoms with E-state index in [1.54, 1.807) is 0 Å². The van der Waals surface area contributed by atoms with Gasteiger partial charge in [-0.05, 0) is 125 Å². The van der Waals surface area contributed by atoms with Crippen molar-refractivity contribution in [1.29, 1.82) is 0 Å². The van der Waals surface area contributed by atoms with E-state index < -0.39 is 0 Å². The van der Waals surface area contributed by atoms with Gasteiger partial charge in [0.05, 0.1) is 5.69 Å². The number of hydrogen-bond donors (Lipinski definition) is 0. The maximum absolute atomic E-state index is 2.43. The standard InChI is InChI=1S/C60H41N/c1-2-11-42(12-3-1)45-21-23-46(24-22-45)47-29-34-55(35-30-47)61(56-36-31-49(32-37-56)58-20-10-18-48-15-8-9-19-57(48)58)60-41-53(52-27-25-43-13-4-6-16-50(43)39-52)33-38-59(60)54-28-26-44-14-5-7-17-51(44)40-54/h1-41H. The highest BCUT2D eigenvalue weighted by atomic mass is 15.1. The summed E-state index contributed by atoms with van der Waals surface area (Å²) in [5.41, 5.74) is 15.2. The lowest BCUT2D eigenvalue weighted by Gasteiger charge is -2.29. The van der Waals surface area contributed by atoms with Crippen molar-refractivity contribution in [3.05, 3.63) is 249 Å². The van der Waals surface area contributed by atoms with Gasteiger partial charge in [0, 0.05) is 16.9 Å². The van der Waals surface area contributed by atoms with Crippen LogP contribution in [0, 0.1) is 0 Å². The molecule has 1 nitrogen and oxygen atoms in total. The van der Waals surface area contributed by atoms with Gasteiger partial charge >= 0.3 is 0 Å². The van der Waals surface area contributed by atoms with Crippen LogP contribution in [0.3, 0.4) is 0 Å². The van der Waals surface area contributed by atoms with Gasteiger partial charge in [0.1, 0.15) is 0 Å². The summed E-state index contributed by atoms with van der Waals surface area (Å²) in [5.74, 6) is 0. The quantitative estimate of drug-likeness (QED) is 0.149. The van der Waals surface area contributed by atoms with Crippen LogP contribution in [-0.4, -0.2) is 0 Å². The highest BCUT2D eigenvalue weighted by Gasteiger charge is 2.20. The molecule has 11 rings (SSSR count). The number of fused-ring (bicyclic) bond motifs is 3. The molecule has 0 saturated carbocycles. The Labute approximate surface area is 357 Å². The van der Waals surface area contributed by atoms with E-state index in [0.29, 0.717) is 0 Å². The number of nitrogens with zero attached hydrogens (tertiary/aromatic N) is 1. The Kier molecular flexibility index (Phi) is 9.26. The topological polar surface area (TPSA) is 3.24 Å². The van der Waals surface area contributed by atoms with E-state index in [0.717, 1.165) is 28.2 Å². The fourth-order valence-electron chi connectivity index (χ4n) is 8.85. The minimum absolute atomic E-state index is 1.08. The van der Waals surface area contributed by atoms with Gasteiger partial charge < -0.3 is 4.90 Å². The number of hydrogen-bond acceptors (Lipinski definition) is 1. The third-order valence-electron chi connectivity index (χ3n) is 12.1. The van der Waals surface area contributed by atoms with Gasteiger partial charge in [-0.25, -0.2) is 0 Å². The molecular weight excluding hydrogens is 735 g/mol. The van der Waals surface area contributed by atoms with Crippen molar-refractivity contribution in [2.75, 3.05) is 4.90 Å². The van der Waals surface area contributed by atoms with Gasteiger partial charge in [0.15, 0.2) is 0 Å². The van der Waals surface area contributed by atoms with Crippen molar-refractivity contribution in [3.8, 4) is 55.6 Å². The Balaban J connectivity index is 1.08. The molecular formula is C60H41N. The van der Waals surface area contributed by atoms with Crippen LogP contribution in [0.25, 0.3) is 88.0 Å². The van der Waals surface area contributed by atoms with E-state index in [-0.39, 0.29) is 0 Å². The van der Waals surface area contributed by atoms with E-state index in [1.165, 1.54) is 76.8 Å². The molecule has 0 aliphatic carbocycles. The van der Waals surface area contributed by atoms with E-state index >= 15 is 0 Å². The zero-order valence-electron chi connectivity index (χ0n) is 33.6. The predicted molar refractivity (Wildman–Crippen MR) is 261 cm³/mol. The molecule has 0 N–H and O–H groups in total. The average Bonchev–Trinajstić information content (AvgIpc) is 3.34. The van der Waals surface area contributed by atoms with Crippen molar-refractivity contribution in [2.45, 2.75) is 0 Å². The smallest absolute Gasteiger partial charge is 0.0546 e. The first kappa shape index (κ1) is 36.1. The van der Waals surface area contributed by atoms with E-state index in [2.05, 4.69) is 254 Å². The summed E-state index contributed by atoms with van der Waals surface area (Å²) < 4.78 is 0. The molecule has 0 amide bonds. The zero-order valence-corrected chi connectivity index (χ0v) is 33.6. The van der Waals surface area contributed by atoms with Crippen molar-refractivity contribution in [2.24, 2.45) is 0 Å². The lowest BCUT2D eigenvalue weighted by atomic mass is 9.94. The molecule has 11 aromatic carbocycles. The molecule has 0 aliphatic rings. The summed E-state index contributed by atoms with van der Waals surface area (Å²) in [7, 11) is 0. The second-order valence-electron chi connectivity index (χ2n) is 15.8. The van der Waals surface area contributed by atoms with Gasteiger partial charge in [-0.15, -0.1) is 0 Å². The van der Waals surface area contributed by atoms with Gasteiger partial charge in [-0.1, -0.05) is 206 Å². The highest BCUT2D eigenvalue weighted by molar-refractivity contribution is 5.99. The largest absolute Gasteiger partial charge is 0.310 e. The van der Waals surface area contributed by atoms with Gasteiger partial charge in [0.2, 0.25) is 0 Å². The molecule has 0 atom stereocenters. The fourth-order valence-corrected chi connectivity index (χ4v) is 8.85. The van der Waals surface area contributed by atoms with Crippen LogP contribution in [-0.2, 0) is 0 Å². The summed E-state index contributed by atoms with van der Waals surface area (Å²) in [4.78, 5) is 2.43. The van der Waals surface area contributed by atoms with E-state index in [4.69, 9.17) is 0 Å². The molecule has 0 heterocycles. The maximum Gasteiger partial charge on any atom is 0.0546 e. The van der Waals surface area contributed by atoms with E-state index in [9.17, 15) is 0 Å². The van der Waals surface area contributed by atoms with Crippen LogP contribution < -0.4 is 4.90 Å². The summed E-state index contributed by atoms with van der Waals surface area (Å²) in [6.07, 6.45) is 0. The van der Waals surface area contributed by atoms with Gasteiger partial charge in [0.25, 0.3) is 0 Å². The predicted octanol–water partition coefficient (Wildman–Crippen LogP) is 17.0. The summed E-state index contributed by atoms with van der Waals surface area (Å²) in [6.45, 7) is 0. The second kappa shape index (κ2) is 15.6. The molecule has 0 unspecified atom stereocenters. The van der Waals surface area contributed by atoms with E-state index in [1.807, 2.05) is 0 Å². The highest BCUT2D eigenvalue weighted by Crippen LogP contribution is 2.45. The first-order valence-electron chi connectivity index (χ1n) is 21.0. The lowest BCUT2D eigenvalue weighted by Crippen LogP contribution is -2.11. The molecule has 61 heavy (non-hydrogen) atoms. The summed E-state index contributed by atoms with van der Waals surface area (Å²) >= 11 is 0. The zero-order chi connectivity index (χ0) is 40.5. The lowest BCUT2D eigenvalue weighted by molar-refractivity contribution is 1.28. The molecule has 0 bridgehead atoms. The minimum Gasteiger partial charge on any atom is -0.310 e. The third-order valence-corrected chi connectivity index (χ3v) is 12.1. The van der Waals surface area contributed by atoms with Crippen LogP contribution in [0.2, 0.25) is 0 Å². The van der Waals surface area contributed by atoms with Crippen LogP contribution in [0.15, 0.2) is 249 Å². The number of benzene rings is 11. The van der Waals surface area contributed by atoms with Crippen LogP contribution in [0.4, 0.5) is 17.1 Å². The first-order chi connectivity index (χ1) is 30.2. The molecule has 0 aliphatic heterocycles. The Bertz CT molecular complexity index is 3320. The molecule has 11 aromatic rings. The fraction of sp³-hybridized carbons (Fsp3) is 0. The Morgan fingerprint density at radius 1 is 0.213 bits per heavy atom. The monoisotopic (exact) mass is 775 g/mol. The Hall–Kier alpha value is -8.00. The molecule has 0 fully saturated rings. The Morgan fingerprint density at radius 2 is 0.639 bits per heavy atom. The van der Waals surface area contributed by atoms with Crippen molar-refractivity contribution in [3.63, 3.8) is 0 Å². The first-order valence-corrected chi connectivity index (χ1v) is 21.0. The number of rotatable bonds is 8. The normalized spacial score (nSPS) is 11.3. The molecule has 286 valence electrons.